The van der Waals surface area contributed by atoms with Gasteiger partial charge in [-0.15, -0.1) is 0 Å². The van der Waals surface area contributed by atoms with Crippen LogP contribution in [0.2, 0.25) is 0 Å². The molecule has 1 aliphatic heterocycles. The first-order chi connectivity index (χ1) is 16.7. The number of hydrogen-bond acceptors (Lipinski definition) is 6. The Morgan fingerprint density at radius 1 is 1.14 bits per heavy atom. The molecule has 0 spiro atoms. The van der Waals surface area contributed by atoms with Crippen molar-refractivity contribution in [3.8, 4) is 11.5 Å². The van der Waals surface area contributed by atoms with E-state index in [1.165, 1.54) is 7.11 Å². The monoisotopic (exact) mass is 476 g/mol. The van der Waals surface area contributed by atoms with E-state index in [0.29, 0.717) is 28.6 Å². The summed E-state index contributed by atoms with van der Waals surface area (Å²) < 4.78 is 10.6. The van der Waals surface area contributed by atoms with E-state index in [9.17, 15) is 14.4 Å². The maximum Gasteiger partial charge on any atom is 0.250 e. The molecule has 0 aliphatic carbocycles. The third-order valence-corrected chi connectivity index (χ3v) is 5.85. The van der Waals surface area contributed by atoms with Gasteiger partial charge >= 0.3 is 0 Å². The number of oxazole rings is 1. The van der Waals surface area contributed by atoms with Gasteiger partial charge in [-0.3, -0.25) is 14.4 Å². The van der Waals surface area contributed by atoms with E-state index in [1.54, 1.807) is 25.1 Å². The Morgan fingerprint density at radius 2 is 1.94 bits per heavy atom. The molecule has 4 rings (SSSR count). The smallest absolute Gasteiger partial charge is 0.250 e. The molecule has 3 N–H and O–H groups in total. The number of carbonyl (C=O) groups is 3. The van der Waals surface area contributed by atoms with Crippen molar-refractivity contribution in [2.24, 2.45) is 0 Å². The highest BCUT2D eigenvalue weighted by Gasteiger charge is 2.33. The summed E-state index contributed by atoms with van der Waals surface area (Å²) in [5, 5.41) is 8.49. The number of anilines is 2. The van der Waals surface area contributed by atoms with Crippen molar-refractivity contribution < 1.29 is 23.5 Å². The number of carbonyl (C=O) groups excluding carboxylic acids is 3. The van der Waals surface area contributed by atoms with Crippen LogP contribution in [0.1, 0.15) is 40.5 Å². The van der Waals surface area contributed by atoms with Gasteiger partial charge in [0.15, 0.2) is 0 Å². The van der Waals surface area contributed by atoms with Gasteiger partial charge in [0.1, 0.15) is 18.1 Å². The van der Waals surface area contributed by atoms with Gasteiger partial charge < -0.3 is 25.1 Å². The molecule has 35 heavy (non-hydrogen) atoms. The summed E-state index contributed by atoms with van der Waals surface area (Å²) in [6, 6.07) is 11.1. The quantitative estimate of drug-likeness (QED) is 0.457. The summed E-state index contributed by atoms with van der Waals surface area (Å²) in [6.07, 6.45) is 0.0503. The molecule has 1 unspecified atom stereocenters. The zero-order chi connectivity index (χ0) is 25.1. The number of nitrogens with one attached hydrogen (secondary N) is 3. The lowest BCUT2D eigenvalue weighted by atomic mass is 9.94. The number of ether oxygens (including phenoxy) is 1. The van der Waals surface area contributed by atoms with E-state index in [-0.39, 0.29) is 37.3 Å². The predicted molar refractivity (Wildman–Crippen MR) is 131 cm³/mol. The molecule has 3 amide bonds. The average molecular weight is 477 g/mol. The predicted octanol–water partition coefficient (Wildman–Crippen LogP) is 3.59. The van der Waals surface area contributed by atoms with E-state index in [4.69, 9.17) is 9.15 Å². The van der Waals surface area contributed by atoms with Crippen molar-refractivity contribution in [1.29, 1.82) is 0 Å². The SMILES string of the molecule is COCC(=O)Nc1cccc(-c2nc(CNC(=O)CC3C(=O)Nc4c(C)cc(C)cc43)c(C)o2)c1. The molecule has 1 aliphatic rings. The highest BCUT2D eigenvalue weighted by molar-refractivity contribution is 6.05. The second kappa shape index (κ2) is 10.1. The van der Waals surface area contributed by atoms with Crippen LogP contribution < -0.4 is 16.0 Å². The molecular formula is C26H28N4O5. The van der Waals surface area contributed by atoms with Crippen molar-refractivity contribution in [2.45, 2.75) is 39.7 Å². The third kappa shape index (κ3) is 5.41. The zero-order valence-electron chi connectivity index (χ0n) is 20.2. The van der Waals surface area contributed by atoms with Crippen molar-refractivity contribution in [1.82, 2.24) is 10.3 Å². The average Bonchev–Trinajstić information content (AvgIpc) is 3.33. The molecule has 9 nitrogen and oxygen atoms in total. The molecule has 0 bridgehead atoms. The van der Waals surface area contributed by atoms with Crippen molar-refractivity contribution in [3.63, 3.8) is 0 Å². The van der Waals surface area contributed by atoms with Crippen molar-refractivity contribution >= 4 is 29.1 Å². The van der Waals surface area contributed by atoms with E-state index < -0.39 is 5.92 Å². The number of methoxy groups -OCH3 is 1. The zero-order valence-corrected chi connectivity index (χ0v) is 20.2. The molecule has 182 valence electrons. The number of benzene rings is 2. The minimum atomic E-state index is -0.520. The van der Waals surface area contributed by atoms with E-state index in [0.717, 1.165) is 22.4 Å². The maximum atomic E-state index is 12.7. The summed E-state index contributed by atoms with van der Waals surface area (Å²) >= 11 is 0. The lowest BCUT2D eigenvalue weighted by Gasteiger charge is -2.10. The Balaban J connectivity index is 1.41. The molecule has 0 radical (unpaired) electrons. The van der Waals surface area contributed by atoms with Crippen LogP contribution in [0.5, 0.6) is 0 Å². The number of aromatic nitrogens is 1. The van der Waals surface area contributed by atoms with Crippen LogP contribution in [0, 0.1) is 20.8 Å². The standard InChI is InChI=1S/C26H28N4O5/c1-14-8-15(2)24-19(9-14)20(25(33)30-24)11-22(31)27-12-21-16(3)35-26(29-21)17-6-5-7-18(10-17)28-23(32)13-34-4/h5-10,20H,11-13H2,1-4H3,(H,27,31)(H,28,32)(H,30,33). The molecular weight excluding hydrogens is 448 g/mol. The fraction of sp³-hybridized carbons (Fsp3) is 0.308. The Kier molecular flexibility index (Phi) is 6.97. The first kappa shape index (κ1) is 24.2. The molecule has 1 aromatic heterocycles. The van der Waals surface area contributed by atoms with Gasteiger partial charge in [-0.1, -0.05) is 23.8 Å². The lowest BCUT2D eigenvalue weighted by Crippen LogP contribution is -2.27. The van der Waals surface area contributed by atoms with Gasteiger partial charge in [-0.2, -0.15) is 0 Å². The van der Waals surface area contributed by atoms with E-state index in [1.807, 2.05) is 32.0 Å². The van der Waals surface area contributed by atoms with Crippen LogP contribution in [0.3, 0.4) is 0 Å². The lowest BCUT2D eigenvalue weighted by molar-refractivity contribution is -0.125. The van der Waals surface area contributed by atoms with Crippen LogP contribution >= 0.6 is 0 Å². The van der Waals surface area contributed by atoms with Gasteiger partial charge in [-0.25, -0.2) is 4.98 Å². The minimum Gasteiger partial charge on any atom is -0.441 e. The second-order valence-corrected chi connectivity index (χ2v) is 8.65. The fourth-order valence-electron chi connectivity index (χ4n) is 4.21. The molecule has 0 fully saturated rings. The molecule has 1 atom stereocenters. The van der Waals surface area contributed by atoms with Crippen LogP contribution in [0.25, 0.3) is 11.5 Å². The highest BCUT2D eigenvalue weighted by Crippen LogP contribution is 2.37. The summed E-state index contributed by atoms with van der Waals surface area (Å²) in [5.41, 5.74) is 5.57. The fourth-order valence-corrected chi connectivity index (χ4v) is 4.21. The Labute approximate surface area is 203 Å². The molecule has 3 aromatic rings. The first-order valence-electron chi connectivity index (χ1n) is 11.3. The number of amides is 3. The van der Waals surface area contributed by atoms with Crippen LogP contribution in [-0.2, 0) is 25.7 Å². The van der Waals surface area contributed by atoms with Crippen molar-refractivity contribution in [3.05, 3.63) is 64.5 Å². The number of hydrogen-bond donors (Lipinski definition) is 3. The third-order valence-electron chi connectivity index (χ3n) is 5.85. The number of nitrogens with zero attached hydrogens (tertiary/aromatic N) is 1. The first-order valence-corrected chi connectivity index (χ1v) is 11.3. The van der Waals surface area contributed by atoms with Gasteiger partial charge in [0.2, 0.25) is 23.6 Å². The molecule has 2 aromatic carbocycles. The summed E-state index contributed by atoms with van der Waals surface area (Å²) in [7, 11) is 1.45. The highest BCUT2D eigenvalue weighted by atomic mass is 16.5. The molecule has 0 saturated carbocycles. The molecule has 2 heterocycles. The van der Waals surface area contributed by atoms with Gasteiger partial charge in [0.05, 0.1) is 12.5 Å². The van der Waals surface area contributed by atoms with Gasteiger partial charge in [0.25, 0.3) is 0 Å². The largest absolute Gasteiger partial charge is 0.441 e. The summed E-state index contributed by atoms with van der Waals surface area (Å²) in [6.45, 7) is 5.82. The molecule has 9 heteroatoms. The van der Waals surface area contributed by atoms with E-state index in [2.05, 4.69) is 20.9 Å². The van der Waals surface area contributed by atoms with Crippen LogP contribution in [0.4, 0.5) is 11.4 Å². The summed E-state index contributed by atoms with van der Waals surface area (Å²) in [4.78, 5) is 41.5. The Bertz CT molecular complexity index is 1300. The van der Waals surface area contributed by atoms with E-state index >= 15 is 0 Å². The van der Waals surface area contributed by atoms with Gasteiger partial charge in [0, 0.05) is 30.5 Å². The molecule has 0 saturated heterocycles. The van der Waals surface area contributed by atoms with Gasteiger partial charge in [-0.05, 0) is 50.1 Å². The Hall–Kier alpha value is -3.98. The number of aryl methyl sites for hydroxylation is 3. The topological polar surface area (TPSA) is 123 Å². The normalized spacial score (nSPS) is 14.4. The van der Waals surface area contributed by atoms with Crippen molar-refractivity contribution in [2.75, 3.05) is 24.4 Å². The number of rotatable bonds is 8. The Morgan fingerprint density at radius 3 is 2.71 bits per heavy atom. The second-order valence-electron chi connectivity index (χ2n) is 8.65. The maximum absolute atomic E-state index is 12.7. The summed E-state index contributed by atoms with van der Waals surface area (Å²) in [5.74, 6) is -0.242. The van der Waals surface area contributed by atoms with Crippen LogP contribution in [0.15, 0.2) is 40.8 Å². The minimum absolute atomic E-state index is 0.0422. The number of fused-ring (bicyclic) bond motifs is 1. The van der Waals surface area contributed by atoms with Crippen LogP contribution in [-0.4, -0.2) is 36.4 Å².